The van der Waals surface area contributed by atoms with E-state index in [-0.39, 0.29) is 0 Å². The first-order valence-corrected chi connectivity index (χ1v) is 6.86. The Balaban J connectivity index is 2.21. The van der Waals surface area contributed by atoms with E-state index >= 15 is 0 Å². The lowest BCUT2D eigenvalue weighted by Crippen LogP contribution is -2.11. The zero-order valence-electron chi connectivity index (χ0n) is 11.6. The van der Waals surface area contributed by atoms with Gasteiger partial charge in [0, 0.05) is 16.9 Å². The van der Waals surface area contributed by atoms with Gasteiger partial charge in [-0.15, -0.1) is 6.42 Å². The second-order valence-electron chi connectivity index (χ2n) is 4.67. The molecule has 0 fully saturated rings. The van der Waals surface area contributed by atoms with Crippen LogP contribution < -0.4 is 4.90 Å². The van der Waals surface area contributed by atoms with Crippen LogP contribution in [0, 0.1) is 12.3 Å². The molecule has 3 aromatic rings. The molecule has 0 atom stereocenters. The van der Waals surface area contributed by atoms with Gasteiger partial charge in [0.15, 0.2) is 0 Å². The van der Waals surface area contributed by atoms with Gasteiger partial charge in [-0.25, -0.2) is 0 Å². The molecule has 0 radical (unpaired) electrons. The van der Waals surface area contributed by atoms with E-state index in [1.165, 1.54) is 0 Å². The fourth-order valence-corrected chi connectivity index (χ4v) is 2.37. The number of terminal acetylenes is 1. The summed E-state index contributed by atoms with van der Waals surface area (Å²) >= 11 is 0. The molecule has 3 aromatic carbocycles. The zero-order valence-corrected chi connectivity index (χ0v) is 11.6. The van der Waals surface area contributed by atoms with Gasteiger partial charge in [0.1, 0.15) is 0 Å². The summed E-state index contributed by atoms with van der Waals surface area (Å²) in [6.07, 6.45) is 5.67. The van der Waals surface area contributed by atoms with Crippen molar-refractivity contribution in [2.45, 2.75) is 0 Å². The first-order valence-electron chi connectivity index (χ1n) is 6.86. The topological polar surface area (TPSA) is 3.24 Å². The lowest BCUT2D eigenvalue weighted by Gasteiger charge is -2.26. The Morgan fingerprint density at radius 2 is 1.10 bits per heavy atom. The molecule has 0 aromatic heterocycles. The zero-order chi connectivity index (χ0) is 14.5. The molecule has 0 aliphatic carbocycles. The molecule has 0 heterocycles. The molecule has 1 nitrogen and oxygen atoms in total. The van der Waals surface area contributed by atoms with Crippen molar-refractivity contribution in [3.05, 3.63) is 90.5 Å². The summed E-state index contributed by atoms with van der Waals surface area (Å²) in [6.45, 7) is 0. The van der Waals surface area contributed by atoms with Crippen LogP contribution in [0.4, 0.5) is 17.1 Å². The second kappa shape index (κ2) is 5.98. The largest absolute Gasteiger partial charge is 0.309 e. The Hall–Kier alpha value is -2.98. The lowest BCUT2D eigenvalue weighted by molar-refractivity contribution is 1.27. The molecule has 0 spiro atoms. The number of rotatable bonds is 3. The third kappa shape index (κ3) is 2.66. The van der Waals surface area contributed by atoms with Crippen molar-refractivity contribution >= 4 is 17.1 Å². The Labute approximate surface area is 125 Å². The smallest absolute Gasteiger partial charge is 0.0618 e. The first kappa shape index (κ1) is 13.0. The van der Waals surface area contributed by atoms with E-state index in [1.54, 1.807) is 0 Å². The quantitative estimate of drug-likeness (QED) is 0.595. The van der Waals surface area contributed by atoms with Crippen molar-refractivity contribution in [3.8, 4) is 12.3 Å². The highest BCUT2D eigenvalue weighted by Crippen LogP contribution is 2.35. The predicted octanol–water partition coefficient (Wildman–Crippen LogP) is 5.14. The maximum atomic E-state index is 5.67. The number of benzene rings is 3. The number of nitrogens with zero attached hydrogens (tertiary/aromatic N) is 1. The highest BCUT2D eigenvalue weighted by atomic mass is 15.1. The van der Waals surface area contributed by atoms with Gasteiger partial charge in [-0.05, 0) is 36.4 Å². The normalized spacial score (nSPS) is 9.86. The number of para-hydroxylation sites is 3. The van der Waals surface area contributed by atoms with Crippen LogP contribution in [0.5, 0.6) is 0 Å². The molecule has 1 heteroatoms. The second-order valence-corrected chi connectivity index (χ2v) is 4.67. The fraction of sp³-hybridized carbons (Fsp3) is 0. The monoisotopic (exact) mass is 269 g/mol. The molecular weight excluding hydrogens is 254 g/mol. The molecule has 0 saturated carbocycles. The average Bonchev–Trinajstić information content (AvgIpc) is 2.58. The van der Waals surface area contributed by atoms with Crippen LogP contribution >= 0.6 is 0 Å². The molecule has 3 rings (SSSR count). The van der Waals surface area contributed by atoms with Crippen molar-refractivity contribution in [2.75, 3.05) is 4.90 Å². The fourth-order valence-electron chi connectivity index (χ4n) is 2.37. The maximum absolute atomic E-state index is 5.67. The van der Waals surface area contributed by atoms with Gasteiger partial charge in [-0.3, -0.25) is 0 Å². The molecule has 0 amide bonds. The van der Waals surface area contributed by atoms with Crippen molar-refractivity contribution in [1.82, 2.24) is 0 Å². The molecule has 0 aliphatic heterocycles. The minimum atomic E-state index is 0.880. The molecule has 0 saturated heterocycles. The van der Waals surface area contributed by atoms with E-state index in [0.717, 1.165) is 22.6 Å². The maximum Gasteiger partial charge on any atom is 0.0618 e. The number of anilines is 3. The standard InChI is InChI=1S/C20H15N/c1-2-17-11-9-10-16-20(17)21(18-12-5-3-6-13-18)19-14-7-4-8-15-19/h1,3-16H. The van der Waals surface area contributed by atoms with Crippen LogP contribution in [0.25, 0.3) is 0 Å². The summed E-state index contributed by atoms with van der Waals surface area (Å²) in [5, 5.41) is 0. The van der Waals surface area contributed by atoms with E-state index < -0.39 is 0 Å². The molecule has 100 valence electrons. The minimum absolute atomic E-state index is 0.880. The van der Waals surface area contributed by atoms with Crippen LogP contribution in [0.2, 0.25) is 0 Å². The number of hydrogen-bond acceptors (Lipinski definition) is 1. The highest BCUT2D eigenvalue weighted by molar-refractivity contribution is 5.79. The molecule has 0 unspecified atom stereocenters. The molecule has 0 aliphatic rings. The van der Waals surface area contributed by atoms with Crippen LogP contribution in [0.3, 0.4) is 0 Å². The van der Waals surface area contributed by atoms with Crippen molar-refractivity contribution in [3.63, 3.8) is 0 Å². The van der Waals surface area contributed by atoms with Crippen LogP contribution in [-0.2, 0) is 0 Å². The molecule has 0 N–H and O–H groups in total. The van der Waals surface area contributed by atoms with Gasteiger partial charge in [0.2, 0.25) is 0 Å². The third-order valence-electron chi connectivity index (χ3n) is 3.33. The highest BCUT2D eigenvalue weighted by Gasteiger charge is 2.13. The average molecular weight is 269 g/mol. The summed E-state index contributed by atoms with van der Waals surface area (Å²) in [6, 6.07) is 28.5. The predicted molar refractivity (Wildman–Crippen MR) is 89.1 cm³/mol. The van der Waals surface area contributed by atoms with Crippen molar-refractivity contribution in [2.24, 2.45) is 0 Å². The van der Waals surface area contributed by atoms with E-state index in [0.29, 0.717) is 0 Å². The van der Waals surface area contributed by atoms with E-state index in [1.807, 2.05) is 54.6 Å². The van der Waals surface area contributed by atoms with E-state index in [4.69, 9.17) is 6.42 Å². The molecule has 0 bridgehead atoms. The first-order chi connectivity index (χ1) is 10.4. The van der Waals surface area contributed by atoms with Crippen molar-refractivity contribution < 1.29 is 0 Å². The summed E-state index contributed by atoms with van der Waals surface area (Å²) < 4.78 is 0. The van der Waals surface area contributed by atoms with Crippen LogP contribution in [0.15, 0.2) is 84.9 Å². The third-order valence-corrected chi connectivity index (χ3v) is 3.33. The molecule has 21 heavy (non-hydrogen) atoms. The van der Waals surface area contributed by atoms with Gasteiger partial charge >= 0.3 is 0 Å². The summed E-state index contributed by atoms with van der Waals surface area (Å²) in [5.41, 5.74) is 4.07. The summed E-state index contributed by atoms with van der Waals surface area (Å²) in [4.78, 5) is 2.18. The van der Waals surface area contributed by atoms with Crippen LogP contribution in [0.1, 0.15) is 5.56 Å². The van der Waals surface area contributed by atoms with Gasteiger partial charge in [-0.2, -0.15) is 0 Å². The van der Waals surface area contributed by atoms with E-state index in [2.05, 4.69) is 41.2 Å². The Kier molecular flexibility index (Phi) is 3.71. The van der Waals surface area contributed by atoms with Gasteiger partial charge in [0.25, 0.3) is 0 Å². The Morgan fingerprint density at radius 1 is 0.619 bits per heavy atom. The Bertz CT molecular complexity index is 715. The van der Waals surface area contributed by atoms with Crippen LogP contribution in [-0.4, -0.2) is 0 Å². The van der Waals surface area contributed by atoms with Crippen molar-refractivity contribution in [1.29, 1.82) is 0 Å². The van der Waals surface area contributed by atoms with Gasteiger partial charge < -0.3 is 4.90 Å². The Morgan fingerprint density at radius 3 is 1.62 bits per heavy atom. The summed E-state index contributed by atoms with van der Waals surface area (Å²) in [7, 11) is 0. The SMILES string of the molecule is C#Cc1ccccc1N(c1ccccc1)c1ccccc1. The summed E-state index contributed by atoms with van der Waals surface area (Å²) in [5.74, 6) is 2.77. The minimum Gasteiger partial charge on any atom is -0.309 e. The van der Waals surface area contributed by atoms with Gasteiger partial charge in [-0.1, -0.05) is 54.5 Å². The number of hydrogen-bond donors (Lipinski definition) is 0. The van der Waals surface area contributed by atoms with E-state index in [9.17, 15) is 0 Å². The molecular formula is C20H15N. The lowest BCUT2D eigenvalue weighted by atomic mass is 10.1. The van der Waals surface area contributed by atoms with Gasteiger partial charge in [0.05, 0.1) is 5.69 Å².